The van der Waals surface area contributed by atoms with E-state index in [2.05, 4.69) is 15.9 Å². The molecule has 1 aliphatic heterocycles. The first-order chi connectivity index (χ1) is 12.6. The van der Waals surface area contributed by atoms with E-state index >= 15 is 0 Å². The Morgan fingerprint density at radius 1 is 1.15 bits per heavy atom. The van der Waals surface area contributed by atoms with Gasteiger partial charge in [-0.3, -0.25) is 14.5 Å². The predicted octanol–water partition coefficient (Wildman–Crippen LogP) is 4.57. The highest BCUT2D eigenvalue weighted by atomic mass is 79.9. The van der Waals surface area contributed by atoms with Crippen molar-refractivity contribution in [3.8, 4) is 11.5 Å². The number of benzene rings is 2. The Morgan fingerprint density at radius 2 is 1.92 bits per heavy atom. The average Bonchev–Trinajstić information content (AvgIpc) is 2.90. The van der Waals surface area contributed by atoms with Gasteiger partial charge in [0.1, 0.15) is 18.1 Å². The third-order valence-corrected chi connectivity index (χ3v) is 5.20. The van der Waals surface area contributed by atoms with E-state index in [-0.39, 0.29) is 24.3 Å². The van der Waals surface area contributed by atoms with Crippen LogP contribution in [0.1, 0.15) is 5.56 Å². The van der Waals surface area contributed by atoms with Gasteiger partial charge in [-0.1, -0.05) is 24.3 Å². The van der Waals surface area contributed by atoms with Gasteiger partial charge in [0.05, 0.1) is 23.0 Å². The van der Waals surface area contributed by atoms with Gasteiger partial charge < -0.3 is 9.47 Å². The molecule has 2 amide bonds. The molecule has 2 aromatic rings. The van der Waals surface area contributed by atoms with E-state index in [4.69, 9.17) is 9.47 Å². The molecule has 2 aromatic carbocycles. The molecule has 0 radical (unpaired) electrons. The van der Waals surface area contributed by atoms with Gasteiger partial charge in [0.15, 0.2) is 0 Å². The average molecular weight is 434 g/mol. The zero-order valence-corrected chi connectivity index (χ0v) is 16.4. The number of methoxy groups -OCH3 is 1. The van der Waals surface area contributed by atoms with Crippen LogP contribution in [0.2, 0.25) is 0 Å². The molecule has 0 aromatic heterocycles. The van der Waals surface area contributed by atoms with Gasteiger partial charge in [-0.25, -0.2) is 0 Å². The first-order valence-corrected chi connectivity index (χ1v) is 9.46. The van der Waals surface area contributed by atoms with Gasteiger partial charge in [-0.2, -0.15) is 0 Å². The molecule has 0 N–H and O–H groups in total. The largest absolute Gasteiger partial charge is 0.496 e. The molecule has 1 heterocycles. The van der Waals surface area contributed by atoms with Crippen LogP contribution < -0.4 is 9.47 Å². The number of para-hydroxylation sites is 1. The summed E-state index contributed by atoms with van der Waals surface area (Å²) in [4.78, 5) is 26.2. The van der Waals surface area contributed by atoms with Gasteiger partial charge in [0, 0.05) is 0 Å². The topological polar surface area (TPSA) is 55.8 Å². The van der Waals surface area contributed by atoms with E-state index in [1.165, 1.54) is 4.90 Å². The highest BCUT2D eigenvalue weighted by molar-refractivity contribution is 9.10. The van der Waals surface area contributed by atoms with E-state index in [1.54, 1.807) is 19.3 Å². The van der Waals surface area contributed by atoms with Crippen molar-refractivity contribution in [2.45, 2.75) is 0 Å². The Labute approximate surface area is 164 Å². The molecule has 7 heteroatoms. The van der Waals surface area contributed by atoms with E-state index in [0.717, 1.165) is 21.8 Å². The van der Waals surface area contributed by atoms with Crippen LogP contribution in [0.3, 0.4) is 0 Å². The molecule has 5 nitrogen and oxygen atoms in total. The van der Waals surface area contributed by atoms with Crippen LogP contribution in [0, 0.1) is 0 Å². The van der Waals surface area contributed by atoms with Crippen LogP contribution in [0.15, 0.2) is 57.9 Å². The number of carbonyl (C=O) groups is 2. The number of imide groups is 1. The first kappa shape index (κ1) is 18.5. The smallest absolute Gasteiger partial charge is 0.293 e. The van der Waals surface area contributed by atoms with Crippen LogP contribution in [-0.2, 0) is 4.79 Å². The maximum Gasteiger partial charge on any atom is 0.293 e. The van der Waals surface area contributed by atoms with Crippen molar-refractivity contribution >= 4 is 44.9 Å². The summed E-state index contributed by atoms with van der Waals surface area (Å²) in [6.45, 7) is 0.465. The molecule has 134 valence electrons. The minimum atomic E-state index is -0.302. The number of nitrogens with zero attached hydrogens (tertiary/aromatic N) is 1. The normalized spacial score (nSPS) is 15.6. The number of ether oxygens (including phenoxy) is 2. The Kier molecular flexibility index (Phi) is 6.00. The Hall–Kier alpha value is -2.25. The third-order valence-electron chi connectivity index (χ3n) is 3.67. The molecule has 0 spiro atoms. The number of hydrogen-bond donors (Lipinski definition) is 0. The number of halogens is 1. The molecule has 1 saturated heterocycles. The molecule has 0 aliphatic carbocycles. The third kappa shape index (κ3) is 4.28. The van der Waals surface area contributed by atoms with Crippen molar-refractivity contribution in [3.05, 3.63) is 63.5 Å². The fraction of sp³-hybridized carbons (Fsp3) is 0.158. The molecule has 1 aliphatic rings. The molecule has 0 unspecified atom stereocenters. The van der Waals surface area contributed by atoms with Gasteiger partial charge in [0.25, 0.3) is 11.1 Å². The molecule has 1 fully saturated rings. The Morgan fingerprint density at radius 3 is 2.62 bits per heavy atom. The van der Waals surface area contributed by atoms with Crippen LogP contribution in [0.5, 0.6) is 11.5 Å². The van der Waals surface area contributed by atoms with Crippen LogP contribution >= 0.6 is 27.7 Å². The lowest BCUT2D eigenvalue weighted by molar-refractivity contribution is -0.123. The second-order valence-electron chi connectivity index (χ2n) is 5.39. The molecular weight excluding hydrogens is 418 g/mol. The van der Waals surface area contributed by atoms with Crippen LogP contribution in [0.4, 0.5) is 4.79 Å². The highest BCUT2D eigenvalue weighted by Crippen LogP contribution is 2.33. The fourth-order valence-corrected chi connectivity index (χ4v) is 3.81. The molecule has 0 saturated carbocycles. The van der Waals surface area contributed by atoms with Crippen molar-refractivity contribution in [1.29, 1.82) is 0 Å². The molecule has 26 heavy (non-hydrogen) atoms. The summed E-state index contributed by atoms with van der Waals surface area (Å²) in [6, 6.07) is 14.8. The Balaban J connectivity index is 1.65. The summed E-state index contributed by atoms with van der Waals surface area (Å²) >= 11 is 4.35. The minimum Gasteiger partial charge on any atom is -0.496 e. The van der Waals surface area contributed by atoms with Crippen LogP contribution in [-0.4, -0.2) is 36.3 Å². The van der Waals surface area contributed by atoms with Crippen molar-refractivity contribution in [3.63, 3.8) is 0 Å². The van der Waals surface area contributed by atoms with Crippen molar-refractivity contribution in [1.82, 2.24) is 4.90 Å². The number of rotatable bonds is 6. The number of hydrogen-bond acceptors (Lipinski definition) is 5. The zero-order chi connectivity index (χ0) is 18.5. The summed E-state index contributed by atoms with van der Waals surface area (Å²) in [5, 5.41) is -0.287. The maximum atomic E-state index is 12.5. The number of carbonyl (C=O) groups excluding carboxylic acids is 2. The molecule has 0 atom stereocenters. The van der Waals surface area contributed by atoms with E-state index in [9.17, 15) is 9.59 Å². The summed E-state index contributed by atoms with van der Waals surface area (Å²) in [5.74, 6) is 1.11. The molecular formula is C19H16BrNO4S. The minimum absolute atomic E-state index is 0.212. The quantitative estimate of drug-likeness (QED) is 0.624. The highest BCUT2D eigenvalue weighted by Gasteiger charge is 2.34. The second-order valence-corrected chi connectivity index (χ2v) is 7.24. The van der Waals surface area contributed by atoms with E-state index in [1.807, 2.05) is 42.5 Å². The summed E-state index contributed by atoms with van der Waals surface area (Å²) in [6.07, 6.45) is 1.70. The standard InChI is InChI=1S/C19H16BrNO4S/c1-24-16-8-7-13(11-15(16)20)12-17-18(22)21(19(23)26-17)9-10-25-14-5-3-2-4-6-14/h2-8,11-12H,9-10H2,1H3/b17-12-. The number of amides is 2. The fourth-order valence-electron chi connectivity index (χ4n) is 2.39. The van der Waals surface area contributed by atoms with Crippen molar-refractivity contribution in [2.75, 3.05) is 20.3 Å². The summed E-state index contributed by atoms with van der Waals surface area (Å²) < 4.78 is 11.5. The SMILES string of the molecule is COc1ccc(/C=C2\SC(=O)N(CCOc3ccccc3)C2=O)cc1Br. The van der Waals surface area contributed by atoms with Gasteiger partial charge in [-0.05, 0) is 63.6 Å². The number of thioether (sulfide) groups is 1. The van der Waals surface area contributed by atoms with Gasteiger partial charge >= 0.3 is 0 Å². The predicted molar refractivity (Wildman–Crippen MR) is 105 cm³/mol. The first-order valence-electron chi connectivity index (χ1n) is 7.85. The Bertz CT molecular complexity index is 854. The van der Waals surface area contributed by atoms with Gasteiger partial charge in [-0.15, -0.1) is 0 Å². The monoisotopic (exact) mass is 433 g/mol. The lowest BCUT2D eigenvalue weighted by atomic mass is 10.2. The van der Waals surface area contributed by atoms with Gasteiger partial charge in [0.2, 0.25) is 0 Å². The summed E-state index contributed by atoms with van der Waals surface area (Å²) in [5.41, 5.74) is 0.809. The summed E-state index contributed by atoms with van der Waals surface area (Å²) in [7, 11) is 1.59. The van der Waals surface area contributed by atoms with E-state index in [0.29, 0.717) is 16.4 Å². The second kappa shape index (κ2) is 8.42. The molecule has 3 rings (SSSR count). The van der Waals surface area contributed by atoms with E-state index < -0.39 is 0 Å². The van der Waals surface area contributed by atoms with Crippen molar-refractivity contribution in [2.24, 2.45) is 0 Å². The lowest BCUT2D eigenvalue weighted by Crippen LogP contribution is -2.32. The zero-order valence-electron chi connectivity index (χ0n) is 14.0. The molecule has 0 bridgehead atoms. The van der Waals surface area contributed by atoms with Crippen LogP contribution in [0.25, 0.3) is 6.08 Å². The maximum absolute atomic E-state index is 12.5. The lowest BCUT2D eigenvalue weighted by Gasteiger charge is -2.13. The van der Waals surface area contributed by atoms with Crippen molar-refractivity contribution < 1.29 is 19.1 Å².